The van der Waals surface area contributed by atoms with Crippen LogP contribution in [0.5, 0.6) is 0 Å². The van der Waals surface area contributed by atoms with E-state index < -0.39 is 0 Å². The highest BCUT2D eigenvalue weighted by molar-refractivity contribution is 5.82. The van der Waals surface area contributed by atoms with Crippen molar-refractivity contribution < 1.29 is 4.79 Å². The summed E-state index contributed by atoms with van der Waals surface area (Å²) in [7, 11) is 0. The van der Waals surface area contributed by atoms with E-state index in [4.69, 9.17) is 5.73 Å². The monoisotopic (exact) mass is 237 g/mol. The molecule has 0 bridgehead atoms. The van der Waals surface area contributed by atoms with Crippen LogP contribution in [-0.2, 0) is 4.79 Å². The third kappa shape index (κ3) is 3.80. The van der Waals surface area contributed by atoms with Gasteiger partial charge in [0, 0.05) is 17.9 Å². The standard InChI is InChI=1S/C15H27NO/c16-15(10-6-3-7-11-15)12-14(17)13-8-4-1-2-5-9-13/h13H,1-12,16H2. The molecule has 0 amide bonds. The van der Waals surface area contributed by atoms with Crippen LogP contribution in [0.2, 0.25) is 0 Å². The van der Waals surface area contributed by atoms with Crippen molar-refractivity contribution in [3.63, 3.8) is 0 Å². The first-order valence-corrected chi connectivity index (χ1v) is 7.51. The normalized spacial score (nSPS) is 26.4. The topological polar surface area (TPSA) is 43.1 Å². The van der Waals surface area contributed by atoms with Crippen LogP contribution in [0, 0.1) is 5.92 Å². The van der Waals surface area contributed by atoms with Gasteiger partial charge in [0.15, 0.2) is 0 Å². The van der Waals surface area contributed by atoms with Crippen LogP contribution in [0.15, 0.2) is 0 Å². The van der Waals surface area contributed by atoms with Crippen molar-refractivity contribution in [3.05, 3.63) is 0 Å². The summed E-state index contributed by atoms with van der Waals surface area (Å²) < 4.78 is 0. The lowest BCUT2D eigenvalue weighted by molar-refractivity contribution is -0.124. The first-order chi connectivity index (χ1) is 8.20. The van der Waals surface area contributed by atoms with E-state index in [1.165, 1.54) is 44.9 Å². The van der Waals surface area contributed by atoms with Crippen LogP contribution in [0.1, 0.15) is 77.0 Å². The number of ketones is 1. The van der Waals surface area contributed by atoms with E-state index in [1.807, 2.05) is 0 Å². The molecular weight excluding hydrogens is 210 g/mol. The zero-order valence-electron chi connectivity index (χ0n) is 11.0. The van der Waals surface area contributed by atoms with E-state index in [-0.39, 0.29) is 5.54 Å². The molecule has 0 saturated heterocycles. The van der Waals surface area contributed by atoms with Gasteiger partial charge in [-0.05, 0) is 25.7 Å². The SMILES string of the molecule is NC1(CC(=O)C2CCCCCC2)CCCCC1. The second-order valence-electron chi connectivity index (χ2n) is 6.25. The van der Waals surface area contributed by atoms with Crippen LogP contribution >= 0.6 is 0 Å². The molecule has 0 heterocycles. The summed E-state index contributed by atoms with van der Waals surface area (Å²) in [5, 5.41) is 0. The van der Waals surface area contributed by atoms with E-state index >= 15 is 0 Å². The minimum absolute atomic E-state index is 0.151. The van der Waals surface area contributed by atoms with Crippen molar-refractivity contribution in [2.45, 2.75) is 82.6 Å². The predicted molar refractivity (Wildman–Crippen MR) is 70.8 cm³/mol. The number of nitrogens with two attached hydrogens (primary N) is 1. The zero-order chi connectivity index (χ0) is 12.1. The number of hydrogen-bond acceptors (Lipinski definition) is 2. The maximum Gasteiger partial charge on any atom is 0.137 e. The summed E-state index contributed by atoms with van der Waals surface area (Å²) in [5.74, 6) is 0.802. The Morgan fingerprint density at radius 1 is 0.941 bits per heavy atom. The smallest absolute Gasteiger partial charge is 0.137 e. The Bertz CT molecular complexity index is 248. The highest BCUT2D eigenvalue weighted by Crippen LogP contribution is 2.32. The fourth-order valence-electron chi connectivity index (χ4n) is 3.53. The van der Waals surface area contributed by atoms with E-state index in [2.05, 4.69) is 0 Å². The molecule has 0 aliphatic heterocycles. The Kier molecular flexibility index (Phi) is 4.61. The number of carbonyl (C=O) groups excluding carboxylic acids is 1. The molecule has 0 unspecified atom stereocenters. The van der Waals surface area contributed by atoms with E-state index in [1.54, 1.807) is 0 Å². The lowest BCUT2D eigenvalue weighted by atomic mass is 9.76. The molecule has 0 aromatic carbocycles. The van der Waals surface area contributed by atoms with Crippen LogP contribution in [0.25, 0.3) is 0 Å². The summed E-state index contributed by atoms with van der Waals surface area (Å²) in [4.78, 5) is 12.3. The van der Waals surface area contributed by atoms with Gasteiger partial charge in [0.05, 0.1) is 0 Å². The first kappa shape index (κ1) is 13.1. The summed E-state index contributed by atoms with van der Waals surface area (Å²) in [6, 6.07) is 0. The molecule has 2 heteroatoms. The molecule has 2 nitrogen and oxygen atoms in total. The minimum Gasteiger partial charge on any atom is -0.325 e. The number of carbonyl (C=O) groups is 1. The molecule has 2 aliphatic rings. The van der Waals surface area contributed by atoms with Crippen LogP contribution in [0.3, 0.4) is 0 Å². The van der Waals surface area contributed by atoms with Gasteiger partial charge in [0.1, 0.15) is 5.78 Å². The third-order valence-electron chi connectivity index (χ3n) is 4.69. The van der Waals surface area contributed by atoms with Gasteiger partial charge >= 0.3 is 0 Å². The molecular formula is C15H27NO. The van der Waals surface area contributed by atoms with Crippen LogP contribution < -0.4 is 5.73 Å². The molecule has 98 valence electrons. The van der Waals surface area contributed by atoms with Crippen molar-refractivity contribution in [3.8, 4) is 0 Å². The predicted octanol–water partition coefficient (Wildman–Crippen LogP) is 3.58. The quantitative estimate of drug-likeness (QED) is 0.762. The summed E-state index contributed by atoms with van der Waals surface area (Å²) in [6.07, 6.45) is 13.9. The number of hydrogen-bond donors (Lipinski definition) is 1. The highest BCUT2D eigenvalue weighted by Gasteiger charge is 2.32. The van der Waals surface area contributed by atoms with Gasteiger partial charge in [-0.25, -0.2) is 0 Å². The van der Waals surface area contributed by atoms with Gasteiger partial charge in [-0.15, -0.1) is 0 Å². The zero-order valence-corrected chi connectivity index (χ0v) is 11.0. The van der Waals surface area contributed by atoms with Gasteiger partial charge in [-0.2, -0.15) is 0 Å². The van der Waals surface area contributed by atoms with Crippen molar-refractivity contribution in [2.75, 3.05) is 0 Å². The van der Waals surface area contributed by atoms with Crippen molar-refractivity contribution in [2.24, 2.45) is 11.7 Å². The van der Waals surface area contributed by atoms with E-state index in [0.29, 0.717) is 18.1 Å². The molecule has 0 aromatic rings. The van der Waals surface area contributed by atoms with E-state index in [0.717, 1.165) is 25.7 Å². The molecule has 0 radical (unpaired) electrons. The second-order valence-corrected chi connectivity index (χ2v) is 6.25. The Hall–Kier alpha value is -0.370. The molecule has 2 aliphatic carbocycles. The largest absolute Gasteiger partial charge is 0.325 e. The Balaban J connectivity index is 1.86. The molecule has 0 aromatic heterocycles. The van der Waals surface area contributed by atoms with Gasteiger partial charge in [0.25, 0.3) is 0 Å². The molecule has 2 rings (SSSR count). The van der Waals surface area contributed by atoms with Crippen molar-refractivity contribution in [1.29, 1.82) is 0 Å². The fraction of sp³-hybridized carbons (Fsp3) is 0.933. The van der Waals surface area contributed by atoms with E-state index in [9.17, 15) is 4.79 Å². The summed E-state index contributed by atoms with van der Waals surface area (Å²) >= 11 is 0. The fourth-order valence-corrected chi connectivity index (χ4v) is 3.53. The molecule has 2 fully saturated rings. The van der Waals surface area contributed by atoms with Crippen LogP contribution in [-0.4, -0.2) is 11.3 Å². The number of Topliss-reactive ketones (excluding diaryl/α,β-unsaturated/α-hetero) is 1. The van der Waals surface area contributed by atoms with Crippen LogP contribution in [0.4, 0.5) is 0 Å². The average molecular weight is 237 g/mol. The Labute approximate surface area is 105 Å². The molecule has 17 heavy (non-hydrogen) atoms. The average Bonchev–Trinajstić information content (AvgIpc) is 2.57. The summed E-state index contributed by atoms with van der Waals surface area (Å²) in [6.45, 7) is 0. The van der Waals surface area contributed by atoms with Gasteiger partial charge < -0.3 is 5.73 Å². The van der Waals surface area contributed by atoms with Gasteiger partial charge in [-0.1, -0.05) is 44.9 Å². The second kappa shape index (κ2) is 5.99. The van der Waals surface area contributed by atoms with Gasteiger partial charge in [-0.3, -0.25) is 4.79 Å². The lowest BCUT2D eigenvalue weighted by Gasteiger charge is -2.33. The maximum atomic E-state index is 12.3. The molecule has 0 atom stereocenters. The number of rotatable bonds is 3. The lowest BCUT2D eigenvalue weighted by Crippen LogP contribution is -2.44. The Morgan fingerprint density at radius 3 is 2.06 bits per heavy atom. The van der Waals surface area contributed by atoms with Gasteiger partial charge in [0.2, 0.25) is 0 Å². The Morgan fingerprint density at radius 2 is 1.47 bits per heavy atom. The molecule has 2 saturated carbocycles. The minimum atomic E-state index is -0.151. The maximum absolute atomic E-state index is 12.3. The summed E-state index contributed by atoms with van der Waals surface area (Å²) in [5.41, 5.74) is 6.23. The molecule has 2 N–H and O–H groups in total. The third-order valence-corrected chi connectivity index (χ3v) is 4.69. The first-order valence-electron chi connectivity index (χ1n) is 7.51. The molecule has 0 spiro atoms. The van der Waals surface area contributed by atoms with Crippen molar-refractivity contribution >= 4 is 5.78 Å². The highest BCUT2D eigenvalue weighted by atomic mass is 16.1. The van der Waals surface area contributed by atoms with Crippen molar-refractivity contribution in [1.82, 2.24) is 0 Å².